The summed E-state index contributed by atoms with van der Waals surface area (Å²) >= 11 is 0. The van der Waals surface area contributed by atoms with Crippen LogP contribution in [0, 0.1) is 5.92 Å². The summed E-state index contributed by atoms with van der Waals surface area (Å²) in [5, 5.41) is 9.46. The van der Waals surface area contributed by atoms with Crippen LogP contribution in [-0.4, -0.2) is 5.11 Å². The highest BCUT2D eigenvalue weighted by atomic mass is 16.3. The Balaban J connectivity index is 2.58. The van der Waals surface area contributed by atoms with E-state index in [0.29, 0.717) is 5.76 Å². The quantitative estimate of drug-likeness (QED) is 0.646. The van der Waals surface area contributed by atoms with Crippen LogP contribution in [0.25, 0.3) is 0 Å². The highest BCUT2D eigenvalue weighted by Gasteiger charge is 2.17. The largest absolute Gasteiger partial charge is 0.512 e. The first-order valence-electron chi connectivity index (χ1n) is 4.67. The van der Waals surface area contributed by atoms with E-state index in [4.69, 9.17) is 0 Å². The van der Waals surface area contributed by atoms with Crippen LogP contribution in [0.1, 0.15) is 46.0 Å². The van der Waals surface area contributed by atoms with Gasteiger partial charge >= 0.3 is 0 Å². The summed E-state index contributed by atoms with van der Waals surface area (Å²) in [6, 6.07) is 0. The van der Waals surface area contributed by atoms with Crippen molar-refractivity contribution in [1.82, 2.24) is 0 Å². The number of aliphatic hydroxyl groups excluding tert-OH is 1. The van der Waals surface area contributed by atoms with E-state index in [2.05, 4.69) is 13.8 Å². The van der Waals surface area contributed by atoms with E-state index < -0.39 is 0 Å². The van der Waals surface area contributed by atoms with Crippen LogP contribution in [-0.2, 0) is 0 Å². The molecule has 0 radical (unpaired) electrons. The van der Waals surface area contributed by atoms with Gasteiger partial charge in [-0.1, -0.05) is 20.3 Å². The topological polar surface area (TPSA) is 20.2 Å². The summed E-state index contributed by atoms with van der Waals surface area (Å²) < 4.78 is 0. The molecule has 11 heavy (non-hydrogen) atoms. The lowest BCUT2D eigenvalue weighted by Crippen LogP contribution is -2.09. The van der Waals surface area contributed by atoms with Gasteiger partial charge in [0.15, 0.2) is 0 Å². The van der Waals surface area contributed by atoms with Gasteiger partial charge in [-0.3, -0.25) is 0 Å². The Kier molecular flexibility index (Phi) is 2.98. The molecule has 0 aromatic rings. The second kappa shape index (κ2) is 3.80. The highest BCUT2D eigenvalue weighted by Crippen LogP contribution is 2.31. The lowest BCUT2D eigenvalue weighted by molar-refractivity contribution is 0.316. The molecule has 0 fully saturated rings. The summed E-state index contributed by atoms with van der Waals surface area (Å²) in [5.41, 5.74) is 1.29. The molecule has 1 N–H and O–H groups in total. The van der Waals surface area contributed by atoms with E-state index in [1.54, 1.807) is 0 Å². The molecule has 1 atom stereocenters. The van der Waals surface area contributed by atoms with Gasteiger partial charge in [0.1, 0.15) is 0 Å². The minimum absolute atomic E-state index is 0.678. The lowest BCUT2D eigenvalue weighted by Gasteiger charge is -2.22. The summed E-state index contributed by atoms with van der Waals surface area (Å²) in [6.45, 7) is 4.36. The molecule has 64 valence electrons. The third-order valence-corrected chi connectivity index (χ3v) is 2.74. The van der Waals surface area contributed by atoms with Crippen LogP contribution in [0.3, 0.4) is 0 Å². The zero-order chi connectivity index (χ0) is 8.27. The number of rotatable bonds is 2. The average molecular weight is 154 g/mol. The van der Waals surface area contributed by atoms with Gasteiger partial charge in [0.25, 0.3) is 0 Å². The first kappa shape index (κ1) is 8.63. The minimum atomic E-state index is 0.678. The van der Waals surface area contributed by atoms with E-state index in [1.165, 1.54) is 18.4 Å². The molecule has 1 rings (SSSR count). The maximum atomic E-state index is 9.46. The molecule has 0 bridgehead atoms. The van der Waals surface area contributed by atoms with Crippen molar-refractivity contribution in [3.8, 4) is 0 Å². The second-order valence-corrected chi connectivity index (χ2v) is 3.42. The number of aliphatic hydroxyl groups is 1. The van der Waals surface area contributed by atoms with Gasteiger partial charge < -0.3 is 5.11 Å². The molecule has 0 aliphatic heterocycles. The van der Waals surface area contributed by atoms with Gasteiger partial charge in [-0.15, -0.1) is 0 Å². The molecule has 0 amide bonds. The fraction of sp³-hybridized carbons (Fsp3) is 0.800. The van der Waals surface area contributed by atoms with Crippen LogP contribution in [0.2, 0.25) is 0 Å². The summed E-state index contributed by atoms with van der Waals surface area (Å²) in [5.74, 6) is 1.51. The molecule has 1 unspecified atom stereocenters. The molecule has 0 heterocycles. The van der Waals surface area contributed by atoms with Gasteiger partial charge in [-0.25, -0.2) is 0 Å². The van der Waals surface area contributed by atoms with Crippen molar-refractivity contribution >= 4 is 0 Å². The van der Waals surface area contributed by atoms with Crippen molar-refractivity contribution in [3.05, 3.63) is 11.3 Å². The van der Waals surface area contributed by atoms with Crippen LogP contribution in [0.4, 0.5) is 0 Å². The maximum absolute atomic E-state index is 9.46. The van der Waals surface area contributed by atoms with Gasteiger partial charge in [0.2, 0.25) is 0 Å². The first-order valence-corrected chi connectivity index (χ1v) is 4.67. The summed E-state index contributed by atoms with van der Waals surface area (Å²) in [4.78, 5) is 0. The van der Waals surface area contributed by atoms with Gasteiger partial charge in [-0.2, -0.15) is 0 Å². The van der Waals surface area contributed by atoms with Gasteiger partial charge in [0, 0.05) is 6.42 Å². The Labute approximate surface area is 69.1 Å². The van der Waals surface area contributed by atoms with Crippen molar-refractivity contribution < 1.29 is 5.11 Å². The molecular formula is C10H18O. The third-order valence-electron chi connectivity index (χ3n) is 2.74. The Hall–Kier alpha value is -0.460. The van der Waals surface area contributed by atoms with E-state index in [1.807, 2.05) is 0 Å². The SMILES string of the molecule is CCC1=C(O)CCC(CC)C1. The average Bonchev–Trinajstić information content (AvgIpc) is 2.05. The van der Waals surface area contributed by atoms with Crippen molar-refractivity contribution in [1.29, 1.82) is 0 Å². The van der Waals surface area contributed by atoms with E-state index in [-0.39, 0.29) is 0 Å². The Morgan fingerprint density at radius 3 is 2.73 bits per heavy atom. The van der Waals surface area contributed by atoms with E-state index >= 15 is 0 Å². The molecule has 0 saturated heterocycles. The Morgan fingerprint density at radius 2 is 2.18 bits per heavy atom. The molecule has 0 spiro atoms. The molecule has 0 saturated carbocycles. The normalized spacial score (nSPS) is 25.8. The fourth-order valence-corrected chi connectivity index (χ4v) is 1.78. The van der Waals surface area contributed by atoms with Crippen LogP contribution in [0.5, 0.6) is 0 Å². The molecule has 0 aromatic carbocycles. The molecule has 1 aliphatic rings. The molecular weight excluding hydrogens is 136 g/mol. The molecule has 1 aliphatic carbocycles. The maximum Gasteiger partial charge on any atom is 0.0914 e. The molecule has 1 nitrogen and oxygen atoms in total. The van der Waals surface area contributed by atoms with E-state index in [0.717, 1.165) is 25.2 Å². The van der Waals surface area contributed by atoms with Crippen molar-refractivity contribution in [2.45, 2.75) is 46.0 Å². The van der Waals surface area contributed by atoms with Gasteiger partial charge in [0.05, 0.1) is 5.76 Å². The summed E-state index contributed by atoms with van der Waals surface area (Å²) in [7, 11) is 0. The van der Waals surface area contributed by atoms with Crippen LogP contribution >= 0.6 is 0 Å². The zero-order valence-corrected chi connectivity index (χ0v) is 7.56. The molecule has 0 aromatic heterocycles. The van der Waals surface area contributed by atoms with Gasteiger partial charge in [-0.05, 0) is 30.8 Å². The minimum Gasteiger partial charge on any atom is -0.512 e. The number of hydrogen-bond donors (Lipinski definition) is 1. The second-order valence-electron chi connectivity index (χ2n) is 3.42. The standard InChI is InChI=1S/C10H18O/c1-3-8-5-6-10(11)9(4-2)7-8/h8,11H,3-7H2,1-2H3. The van der Waals surface area contributed by atoms with Crippen molar-refractivity contribution in [2.75, 3.05) is 0 Å². The predicted molar refractivity (Wildman–Crippen MR) is 47.6 cm³/mol. The Bertz CT molecular complexity index is 158. The van der Waals surface area contributed by atoms with Crippen LogP contribution < -0.4 is 0 Å². The Morgan fingerprint density at radius 1 is 1.45 bits per heavy atom. The van der Waals surface area contributed by atoms with E-state index in [9.17, 15) is 5.11 Å². The first-order chi connectivity index (χ1) is 5.27. The summed E-state index contributed by atoms with van der Waals surface area (Å²) in [6.07, 6.45) is 5.53. The molecule has 1 heteroatoms. The zero-order valence-electron chi connectivity index (χ0n) is 7.56. The number of hydrogen-bond acceptors (Lipinski definition) is 1. The number of allylic oxidation sites excluding steroid dienone is 2. The third kappa shape index (κ3) is 1.98. The monoisotopic (exact) mass is 154 g/mol. The smallest absolute Gasteiger partial charge is 0.0914 e. The van der Waals surface area contributed by atoms with Crippen molar-refractivity contribution in [2.24, 2.45) is 5.92 Å². The van der Waals surface area contributed by atoms with Crippen molar-refractivity contribution in [3.63, 3.8) is 0 Å². The van der Waals surface area contributed by atoms with Crippen LogP contribution in [0.15, 0.2) is 11.3 Å². The highest BCUT2D eigenvalue weighted by molar-refractivity contribution is 5.11. The predicted octanol–water partition coefficient (Wildman–Crippen LogP) is 3.42. The fourth-order valence-electron chi connectivity index (χ4n) is 1.78. The lowest BCUT2D eigenvalue weighted by atomic mass is 9.85.